The molecule has 0 spiro atoms. The van der Waals surface area contributed by atoms with E-state index in [0.717, 1.165) is 45.7 Å². The summed E-state index contributed by atoms with van der Waals surface area (Å²) in [6.45, 7) is 3.45. The number of benzene rings is 2. The van der Waals surface area contributed by atoms with Crippen molar-refractivity contribution in [3.63, 3.8) is 0 Å². The number of hydrogen-bond donors (Lipinski definition) is 1. The zero-order chi connectivity index (χ0) is 25.5. The number of nitrogens with zero attached hydrogens (tertiary/aromatic N) is 5. The van der Waals surface area contributed by atoms with Gasteiger partial charge in [0.05, 0.1) is 24.8 Å². The smallest absolute Gasteiger partial charge is 0.316 e. The minimum absolute atomic E-state index is 0.0781. The minimum atomic E-state index is -0.521. The van der Waals surface area contributed by atoms with Crippen molar-refractivity contribution in [1.29, 1.82) is 0 Å². The number of ether oxygens (including phenoxy) is 1. The lowest BCUT2D eigenvalue weighted by atomic mass is 10.0. The second-order valence-electron chi connectivity index (χ2n) is 9.91. The lowest BCUT2D eigenvalue weighted by Gasteiger charge is -2.27. The van der Waals surface area contributed by atoms with Crippen molar-refractivity contribution in [1.82, 2.24) is 15.2 Å². The van der Waals surface area contributed by atoms with E-state index in [9.17, 15) is 4.79 Å². The Balaban J connectivity index is 1.17. The van der Waals surface area contributed by atoms with E-state index < -0.39 is 6.04 Å². The first-order valence-electron chi connectivity index (χ1n) is 13.1. The van der Waals surface area contributed by atoms with Crippen LogP contribution in [-0.2, 0) is 16.0 Å². The molecule has 2 aromatic heterocycles. The maximum absolute atomic E-state index is 13.4. The standard InChI is InChI=1S/C28H28N6O3S/c35-23-16-19-6-4-5-9-22(19)34(20-7-2-1-3-8-20)17-21(23)29-28-32-31-25(37-28)24-27(33-12-14-36-15-13-33)38-26(30-24)18-10-11-18/h1-9,18,21H,10-17H2,(H,29,32)/t21-/m0/s1. The highest BCUT2D eigenvalue weighted by Crippen LogP contribution is 2.47. The molecule has 3 aliphatic rings. The summed E-state index contributed by atoms with van der Waals surface area (Å²) in [5.41, 5.74) is 3.79. The van der Waals surface area contributed by atoms with Gasteiger partial charge in [-0.25, -0.2) is 4.98 Å². The van der Waals surface area contributed by atoms with Gasteiger partial charge in [0.25, 0.3) is 5.89 Å². The Morgan fingerprint density at radius 1 is 0.974 bits per heavy atom. The molecule has 0 radical (unpaired) electrons. The number of morpholine rings is 1. The van der Waals surface area contributed by atoms with Crippen LogP contribution in [0.15, 0.2) is 59.0 Å². The number of aromatic nitrogens is 3. The fourth-order valence-corrected chi connectivity index (χ4v) is 6.35. The number of anilines is 4. The van der Waals surface area contributed by atoms with Crippen molar-refractivity contribution in [3.05, 3.63) is 65.2 Å². The highest BCUT2D eigenvalue weighted by Gasteiger charge is 2.33. The second-order valence-corrected chi connectivity index (χ2v) is 10.9. The molecule has 1 atom stereocenters. The van der Waals surface area contributed by atoms with Gasteiger partial charge < -0.3 is 24.3 Å². The normalized spacial score (nSPS) is 19.8. The minimum Gasteiger partial charge on any atom is -0.402 e. The van der Waals surface area contributed by atoms with Crippen molar-refractivity contribution in [3.8, 4) is 11.6 Å². The SMILES string of the molecule is O=C1Cc2ccccc2N(c2ccccc2)C[C@@H]1Nc1nnc(-c2nc(C3CC3)sc2N2CCOCC2)o1. The third-order valence-electron chi connectivity index (χ3n) is 7.24. The molecule has 194 valence electrons. The maximum atomic E-state index is 13.4. The molecule has 1 aliphatic carbocycles. The molecule has 4 aromatic rings. The molecule has 1 saturated heterocycles. The van der Waals surface area contributed by atoms with E-state index in [4.69, 9.17) is 14.1 Å². The summed E-state index contributed by atoms with van der Waals surface area (Å²) < 4.78 is 11.7. The van der Waals surface area contributed by atoms with E-state index >= 15 is 0 Å². The molecule has 38 heavy (non-hydrogen) atoms. The summed E-state index contributed by atoms with van der Waals surface area (Å²) in [6, 6.07) is 17.9. The van der Waals surface area contributed by atoms with Crippen LogP contribution in [0.3, 0.4) is 0 Å². The van der Waals surface area contributed by atoms with Crippen LogP contribution in [-0.4, -0.2) is 59.9 Å². The zero-order valence-electron chi connectivity index (χ0n) is 20.9. The van der Waals surface area contributed by atoms with Crippen molar-refractivity contribution < 1.29 is 13.9 Å². The molecule has 7 rings (SSSR count). The quantitative estimate of drug-likeness (QED) is 0.384. The van der Waals surface area contributed by atoms with Crippen molar-refractivity contribution in [2.24, 2.45) is 0 Å². The van der Waals surface area contributed by atoms with Gasteiger partial charge in [0.15, 0.2) is 11.5 Å². The first-order valence-corrected chi connectivity index (χ1v) is 13.9. The van der Waals surface area contributed by atoms with Crippen LogP contribution < -0.4 is 15.1 Å². The van der Waals surface area contributed by atoms with E-state index in [2.05, 4.69) is 43.5 Å². The molecule has 0 bridgehead atoms. The van der Waals surface area contributed by atoms with Crippen LogP contribution in [0.1, 0.15) is 29.3 Å². The van der Waals surface area contributed by atoms with Crippen molar-refractivity contribution >= 4 is 39.5 Å². The van der Waals surface area contributed by atoms with Gasteiger partial charge in [0, 0.05) is 36.8 Å². The summed E-state index contributed by atoms with van der Waals surface area (Å²) in [5, 5.41) is 14.1. The van der Waals surface area contributed by atoms with Gasteiger partial charge >= 0.3 is 6.01 Å². The maximum Gasteiger partial charge on any atom is 0.316 e. The molecular weight excluding hydrogens is 500 g/mol. The van der Waals surface area contributed by atoms with Gasteiger partial charge in [-0.15, -0.1) is 16.4 Å². The van der Waals surface area contributed by atoms with E-state index in [-0.39, 0.29) is 11.8 Å². The molecular formula is C28H28N6O3S. The third kappa shape index (κ3) is 4.54. The first-order chi connectivity index (χ1) is 18.7. The Kier molecular flexibility index (Phi) is 6.05. The second kappa shape index (κ2) is 9.85. The monoisotopic (exact) mass is 528 g/mol. The first kappa shape index (κ1) is 23.4. The molecule has 4 heterocycles. The average Bonchev–Trinajstić information content (AvgIpc) is 3.58. The Hall–Kier alpha value is -3.76. The number of Topliss-reactive ketones (excluding diaryl/α,β-unsaturated/α-hetero) is 1. The largest absolute Gasteiger partial charge is 0.402 e. The van der Waals surface area contributed by atoms with Crippen LogP contribution in [0, 0.1) is 0 Å². The van der Waals surface area contributed by atoms with Crippen molar-refractivity contribution in [2.45, 2.75) is 31.2 Å². The highest BCUT2D eigenvalue weighted by atomic mass is 32.1. The van der Waals surface area contributed by atoms with Crippen LogP contribution in [0.4, 0.5) is 22.4 Å². The predicted octanol–water partition coefficient (Wildman–Crippen LogP) is 4.65. The Labute approximate surface area is 224 Å². The number of fused-ring (bicyclic) bond motifs is 1. The summed E-state index contributed by atoms with van der Waals surface area (Å²) in [4.78, 5) is 22.8. The summed E-state index contributed by atoms with van der Waals surface area (Å²) in [6.07, 6.45) is 2.68. The zero-order valence-corrected chi connectivity index (χ0v) is 21.7. The Bertz CT molecular complexity index is 1440. The van der Waals surface area contributed by atoms with Crippen LogP contribution in [0.2, 0.25) is 0 Å². The number of para-hydroxylation sites is 2. The molecule has 1 N–H and O–H groups in total. The molecule has 2 fully saturated rings. The molecule has 2 aromatic carbocycles. The van der Waals surface area contributed by atoms with Gasteiger partial charge in [0.2, 0.25) is 0 Å². The number of thiazole rings is 1. The number of carbonyl (C=O) groups is 1. The van der Waals surface area contributed by atoms with Crippen LogP contribution >= 0.6 is 11.3 Å². The fraction of sp³-hybridized carbons (Fsp3) is 0.357. The molecule has 2 aliphatic heterocycles. The number of rotatable bonds is 6. The summed E-state index contributed by atoms with van der Waals surface area (Å²) >= 11 is 1.72. The van der Waals surface area contributed by atoms with E-state index in [1.807, 2.05) is 36.4 Å². The van der Waals surface area contributed by atoms with Crippen LogP contribution in [0.5, 0.6) is 0 Å². The van der Waals surface area contributed by atoms with Gasteiger partial charge in [-0.1, -0.05) is 41.5 Å². The van der Waals surface area contributed by atoms with E-state index in [1.54, 1.807) is 11.3 Å². The predicted molar refractivity (Wildman–Crippen MR) is 146 cm³/mol. The number of carbonyl (C=O) groups excluding carboxylic acids is 1. The average molecular weight is 529 g/mol. The van der Waals surface area contributed by atoms with Gasteiger partial charge in [-0.3, -0.25) is 4.79 Å². The number of ketones is 1. The fourth-order valence-electron chi connectivity index (χ4n) is 5.08. The van der Waals surface area contributed by atoms with Gasteiger partial charge in [-0.05, 0) is 36.6 Å². The molecule has 1 saturated carbocycles. The number of hydrogen-bond acceptors (Lipinski definition) is 10. The summed E-state index contributed by atoms with van der Waals surface area (Å²) in [5.74, 6) is 0.985. The molecule has 10 heteroatoms. The Morgan fingerprint density at radius 2 is 1.76 bits per heavy atom. The number of nitrogens with one attached hydrogen (secondary N) is 1. The van der Waals surface area contributed by atoms with Gasteiger partial charge in [0.1, 0.15) is 11.0 Å². The molecule has 0 unspecified atom stereocenters. The van der Waals surface area contributed by atoms with E-state index in [1.165, 1.54) is 12.8 Å². The van der Waals surface area contributed by atoms with E-state index in [0.29, 0.717) is 38.0 Å². The Morgan fingerprint density at radius 3 is 2.58 bits per heavy atom. The topological polar surface area (TPSA) is 96.6 Å². The third-order valence-corrected chi connectivity index (χ3v) is 8.52. The van der Waals surface area contributed by atoms with Crippen molar-refractivity contribution in [2.75, 3.05) is 48.0 Å². The van der Waals surface area contributed by atoms with Gasteiger partial charge in [-0.2, -0.15) is 0 Å². The molecule has 9 nitrogen and oxygen atoms in total. The lowest BCUT2D eigenvalue weighted by molar-refractivity contribution is -0.118. The summed E-state index contributed by atoms with van der Waals surface area (Å²) in [7, 11) is 0. The van der Waals surface area contributed by atoms with Crippen LogP contribution in [0.25, 0.3) is 11.6 Å². The molecule has 0 amide bonds. The lowest BCUT2D eigenvalue weighted by Crippen LogP contribution is -2.39. The highest BCUT2D eigenvalue weighted by molar-refractivity contribution is 7.16.